The number of nitro benzene ring substituents is 1. The molecule has 0 saturated heterocycles. The van der Waals surface area contributed by atoms with Crippen LogP contribution >= 0.6 is 0 Å². The molecule has 0 heterocycles. The van der Waals surface area contributed by atoms with E-state index in [2.05, 4.69) is 0 Å². The fourth-order valence-electron chi connectivity index (χ4n) is 0.714. The summed E-state index contributed by atoms with van der Waals surface area (Å²) in [5, 5.41) is 19.0. The van der Waals surface area contributed by atoms with Crippen molar-refractivity contribution in [3.63, 3.8) is 0 Å². The number of benzene rings is 1. The summed E-state index contributed by atoms with van der Waals surface area (Å²) in [6.07, 6.45) is 0. The van der Waals surface area contributed by atoms with Gasteiger partial charge in [0.1, 0.15) is 0 Å². The summed E-state index contributed by atoms with van der Waals surface area (Å²) >= 11 is 0. The maximum atomic E-state index is 12.6. The van der Waals surface area contributed by atoms with Crippen molar-refractivity contribution in [1.82, 2.24) is 0 Å². The number of nitro groups is 1. The van der Waals surface area contributed by atoms with Crippen LogP contribution in [-0.4, -0.2) is 10.0 Å². The van der Waals surface area contributed by atoms with Gasteiger partial charge in [-0.3, -0.25) is 10.1 Å². The maximum Gasteiger partial charge on any atom is 0.313 e. The molecule has 64 valence electrons. The van der Waals surface area contributed by atoms with E-state index >= 15 is 0 Å². The highest BCUT2D eigenvalue weighted by Gasteiger charge is 2.15. The number of hydrogen-bond donors (Lipinski definition) is 2. The van der Waals surface area contributed by atoms with Crippen LogP contribution in [-0.2, 0) is 0 Å². The first kappa shape index (κ1) is 8.25. The second-order valence-electron chi connectivity index (χ2n) is 2.12. The zero-order valence-electron chi connectivity index (χ0n) is 5.82. The second-order valence-corrected chi connectivity index (χ2v) is 2.12. The van der Waals surface area contributed by atoms with Crippen LogP contribution in [0.4, 0.5) is 15.8 Å². The molecule has 0 atom stereocenters. The Morgan fingerprint density at radius 1 is 1.58 bits per heavy atom. The third-order valence-electron chi connectivity index (χ3n) is 1.29. The number of phenols is 1. The summed E-state index contributed by atoms with van der Waals surface area (Å²) in [6.45, 7) is 0. The van der Waals surface area contributed by atoms with E-state index in [-0.39, 0.29) is 5.69 Å². The second kappa shape index (κ2) is 2.65. The molecule has 1 aromatic rings. The van der Waals surface area contributed by atoms with Crippen LogP contribution in [0.3, 0.4) is 0 Å². The molecule has 0 bridgehead atoms. The van der Waals surface area contributed by atoms with Gasteiger partial charge in [0.2, 0.25) is 0 Å². The van der Waals surface area contributed by atoms with Crippen molar-refractivity contribution < 1.29 is 14.4 Å². The molecule has 0 aromatic heterocycles. The molecule has 12 heavy (non-hydrogen) atoms. The molecule has 0 aliphatic rings. The number of rotatable bonds is 1. The zero-order chi connectivity index (χ0) is 9.30. The third-order valence-corrected chi connectivity index (χ3v) is 1.29. The lowest BCUT2D eigenvalue weighted by Gasteiger charge is -1.98. The lowest BCUT2D eigenvalue weighted by atomic mass is 10.2. The molecule has 0 saturated carbocycles. The third kappa shape index (κ3) is 1.26. The Kier molecular flexibility index (Phi) is 1.82. The Morgan fingerprint density at radius 3 is 2.67 bits per heavy atom. The van der Waals surface area contributed by atoms with E-state index in [1.807, 2.05) is 0 Å². The van der Waals surface area contributed by atoms with Gasteiger partial charge in [-0.15, -0.1) is 0 Å². The van der Waals surface area contributed by atoms with Crippen LogP contribution in [0.1, 0.15) is 0 Å². The van der Waals surface area contributed by atoms with Crippen molar-refractivity contribution in [3.05, 3.63) is 28.1 Å². The van der Waals surface area contributed by atoms with Gasteiger partial charge in [0.25, 0.3) is 0 Å². The van der Waals surface area contributed by atoms with Crippen molar-refractivity contribution in [2.75, 3.05) is 5.73 Å². The maximum absolute atomic E-state index is 12.6. The van der Waals surface area contributed by atoms with Crippen molar-refractivity contribution in [2.45, 2.75) is 0 Å². The number of halogens is 1. The Balaban J connectivity index is 3.33. The lowest BCUT2D eigenvalue weighted by molar-refractivity contribution is -0.386. The molecule has 0 spiro atoms. The van der Waals surface area contributed by atoms with Crippen LogP contribution < -0.4 is 5.73 Å². The van der Waals surface area contributed by atoms with E-state index in [1.165, 1.54) is 0 Å². The Morgan fingerprint density at radius 2 is 2.17 bits per heavy atom. The first-order valence-electron chi connectivity index (χ1n) is 2.94. The van der Waals surface area contributed by atoms with Gasteiger partial charge >= 0.3 is 5.69 Å². The van der Waals surface area contributed by atoms with E-state index < -0.39 is 22.2 Å². The number of hydrogen-bond acceptors (Lipinski definition) is 4. The summed E-state index contributed by atoms with van der Waals surface area (Å²) in [5.74, 6) is -1.56. The topological polar surface area (TPSA) is 89.4 Å². The van der Waals surface area contributed by atoms with E-state index in [4.69, 9.17) is 10.8 Å². The van der Waals surface area contributed by atoms with Gasteiger partial charge < -0.3 is 10.8 Å². The van der Waals surface area contributed by atoms with Gasteiger partial charge in [-0.1, -0.05) is 0 Å². The number of nitrogen functional groups attached to an aromatic ring is 1. The van der Waals surface area contributed by atoms with Gasteiger partial charge in [0.05, 0.1) is 16.7 Å². The van der Waals surface area contributed by atoms with Crippen LogP contribution in [0.2, 0.25) is 0 Å². The summed E-state index contributed by atoms with van der Waals surface area (Å²) < 4.78 is 12.6. The smallest absolute Gasteiger partial charge is 0.313 e. The molecule has 0 aliphatic carbocycles. The first-order valence-corrected chi connectivity index (χ1v) is 2.94. The molecule has 5 nitrogen and oxygen atoms in total. The molecule has 3 N–H and O–H groups in total. The molecule has 6 heteroatoms. The van der Waals surface area contributed by atoms with Crippen molar-refractivity contribution in [1.29, 1.82) is 0 Å². The van der Waals surface area contributed by atoms with Gasteiger partial charge in [0, 0.05) is 6.07 Å². The van der Waals surface area contributed by atoms with E-state index in [0.29, 0.717) is 6.07 Å². The van der Waals surface area contributed by atoms with Gasteiger partial charge in [-0.25, -0.2) is 4.39 Å². The minimum absolute atomic E-state index is 0.321. The number of anilines is 1. The average Bonchev–Trinajstić information content (AvgIpc) is 1.96. The lowest BCUT2D eigenvalue weighted by Crippen LogP contribution is -1.94. The number of phenolic OH excluding ortho intramolecular Hbond substituents is 1. The highest BCUT2D eigenvalue weighted by atomic mass is 19.1. The van der Waals surface area contributed by atoms with Gasteiger partial charge in [0.15, 0.2) is 11.6 Å². The van der Waals surface area contributed by atoms with Gasteiger partial charge in [-0.05, 0) is 0 Å². The van der Waals surface area contributed by atoms with Crippen LogP contribution in [0.5, 0.6) is 5.75 Å². The van der Waals surface area contributed by atoms with Crippen LogP contribution in [0, 0.1) is 15.9 Å². The fourth-order valence-corrected chi connectivity index (χ4v) is 0.714. The van der Waals surface area contributed by atoms with Crippen molar-refractivity contribution in [3.8, 4) is 5.75 Å². The number of aromatic hydroxyl groups is 1. The predicted octanol–water partition coefficient (Wildman–Crippen LogP) is 1.02. The predicted molar refractivity (Wildman–Crippen MR) is 39.1 cm³/mol. The fraction of sp³-hybridized carbons (Fsp3) is 0. The standard InChI is InChI=1S/C6H5FN2O3/c7-3-1-5(9(11)12)6(10)2-4(3)8/h1-2,10H,8H2. The van der Waals surface area contributed by atoms with Gasteiger partial charge in [-0.2, -0.15) is 0 Å². The molecular formula is C6H5FN2O3. The minimum Gasteiger partial charge on any atom is -0.502 e. The molecule has 1 aromatic carbocycles. The van der Waals surface area contributed by atoms with E-state index in [0.717, 1.165) is 6.07 Å². The summed E-state index contributed by atoms with van der Waals surface area (Å²) in [4.78, 5) is 9.23. The molecule has 0 fully saturated rings. The zero-order valence-corrected chi connectivity index (χ0v) is 5.82. The van der Waals surface area contributed by atoms with Crippen molar-refractivity contribution >= 4 is 11.4 Å². The van der Waals surface area contributed by atoms with Crippen molar-refractivity contribution in [2.24, 2.45) is 0 Å². The average molecular weight is 172 g/mol. The Hall–Kier alpha value is -1.85. The number of nitrogens with two attached hydrogens (primary N) is 1. The molecule has 0 unspecified atom stereocenters. The number of nitrogens with zero attached hydrogens (tertiary/aromatic N) is 1. The molecular weight excluding hydrogens is 167 g/mol. The Labute approximate surface area is 66.4 Å². The van der Waals surface area contributed by atoms with Crippen LogP contribution in [0.15, 0.2) is 12.1 Å². The summed E-state index contributed by atoms with van der Waals surface area (Å²) in [5.41, 5.74) is 4.02. The quantitative estimate of drug-likeness (QED) is 0.376. The normalized spacial score (nSPS) is 9.75. The molecule has 0 amide bonds. The SMILES string of the molecule is Nc1cc(O)c([N+](=O)[O-])cc1F. The summed E-state index contributed by atoms with van der Waals surface area (Å²) in [6, 6.07) is 1.37. The Bertz CT molecular complexity index is 340. The van der Waals surface area contributed by atoms with Crippen LogP contribution in [0.25, 0.3) is 0 Å². The monoisotopic (exact) mass is 172 g/mol. The van der Waals surface area contributed by atoms with E-state index in [1.54, 1.807) is 0 Å². The highest BCUT2D eigenvalue weighted by Crippen LogP contribution is 2.29. The first-order chi connectivity index (χ1) is 5.52. The molecule has 0 aliphatic heterocycles. The molecule has 0 radical (unpaired) electrons. The summed E-state index contributed by atoms with van der Waals surface area (Å²) in [7, 11) is 0. The highest BCUT2D eigenvalue weighted by molar-refractivity contribution is 5.55. The van der Waals surface area contributed by atoms with E-state index in [9.17, 15) is 14.5 Å². The molecule has 1 rings (SSSR count). The minimum atomic E-state index is -0.917. The largest absolute Gasteiger partial charge is 0.502 e.